The van der Waals surface area contributed by atoms with Gasteiger partial charge in [-0.1, -0.05) is 13.8 Å². The van der Waals surface area contributed by atoms with Crippen LogP contribution < -0.4 is 16.2 Å². The lowest BCUT2D eigenvalue weighted by molar-refractivity contribution is -0.125. The van der Waals surface area contributed by atoms with Crippen molar-refractivity contribution in [3.63, 3.8) is 0 Å². The highest BCUT2D eigenvalue weighted by atomic mass is 16.2. The third-order valence-electron chi connectivity index (χ3n) is 5.15. The van der Waals surface area contributed by atoms with E-state index in [2.05, 4.69) is 61.2 Å². The first-order valence-corrected chi connectivity index (χ1v) is 9.86. The number of rotatable bonds is 6. The number of carbonyl (C=O) groups excluding carboxylic acids is 1. The molecule has 0 saturated carbocycles. The fourth-order valence-electron chi connectivity index (χ4n) is 3.92. The Kier molecular flexibility index (Phi) is 5.64. The summed E-state index contributed by atoms with van der Waals surface area (Å²) in [4.78, 5) is 15.2. The quantitative estimate of drug-likeness (QED) is 0.593. The van der Waals surface area contributed by atoms with E-state index in [1.165, 1.54) is 12.0 Å². The zero-order valence-electron chi connectivity index (χ0n) is 16.4. The maximum atomic E-state index is 12.7. The molecule has 2 aromatic rings. The lowest BCUT2D eigenvalue weighted by atomic mass is 10.1. The van der Waals surface area contributed by atoms with Gasteiger partial charge in [-0.15, -0.1) is 5.10 Å². The Morgan fingerprint density at radius 1 is 1.39 bits per heavy atom. The molecule has 2 atom stereocenters. The van der Waals surface area contributed by atoms with E-state index < -0.39 is 0 Å². The molecular weight excluding hydrogens is 360 g/mol. The molecule has 152 valence electrons. The topological polar surface area (TPSA) is 118 Å². The molecule has 0 radical (unpaired) electrons. The number of aryl methyl sites for hydroxylation is 1. The van der Waals surface area contributed by atoms with Gasteiger partial charge in [0.1, 0.15) is 12.5 Å². The van der Waals surface area contributed by atoms with Crippen LogP contribution in [0.15, 0.2) is 12.4 Å². The van der Waals surface area contributed by atoms with Crippen molar-refractivity contribution in [1.82, 2.24) is 51.1 Å². The molecule has 0 spiro atoms. The fourth-order valence-corrected chi connectivity index (χ4v) is 3.92. The van der Waals surface area contributed by atoms with Gasteiger partial charge in [0.25, 0.3) is 0 Å². The number of hydrogen-bond donors (Lipinski definition) is 3. The second-order valence-corrected chi connectivity index (χ2v) is 7.92. The van der Waals surface area contributed by atoms with Crippen LogP contribution in [0.3, 0.4) is 0 Å². The van der Waals surface area contributed by atoms with Gasteiger partial charge in [0, 0.05) is 32.7 Å². The van der Waals surface area contributed by atoms with Crippen LogP contribution in [0.2, 0.25) is 0 Å². The molecule has 3 N–H and O–H groups in total. The van der Waals surface area contributed by atoms with Gasteiger partial charge in [-0.05, 0) is 28.8 Å². The highest BCUT2D eigenvalue weighted by molar-refractivity contribution is 5.79. The molecule has 2 aromatic heterocycles. The average molecular weight is 388 g/mol. The van der Waals surface area contributed by atoms with Crippen LogP contribution in [0.1, 0.15) is 37.8 Å². The Morgan fingerprint density at radius 3 is 3.07 bits per heavy atom. The largest absolute Gasteiger partial charge is 0.350 e. The summed E-state index contributed by atoms with van der Waals surface area (Å²) in [6.07, 6.45) is 2.29. The van der Waals surface area contributed by atoms with Crippen LogP contribution in [0.4, 0.5) is 0 Å². The monoisotopic (exact) mass is 388 g/mol. The molecule has 28 heavy (non-hydrogen) atoms. The van der Waals surface area contributed by atoms with Crippen LogP contribution in [-0.4, -0.2) is 60.4 Å². The number of nitrogens with zero attached hydrogens (tertiary/aromatic N) is 7. The maximum Gasteiger partial charge on any atom is 0.228 e. The van der Waals surface area contributed by atoms with E-state index in [4.69, 9.17) is 5.10 Å². The summed E-state index contributed by atoms with van der Waals surface area (Å²) >= 11 is 0. The zero-order chi connectivity index (χ0) is 19.5. The van der Waals surface area contributed by atoms with E-state index >= 15 is 0 Å². The van der Waals surface area contributed by atoms with Gasteiger partial charge in [-0.2, -0.15) is 5.10 Å². The van der Waals surface area contributed by atoms with Gasteiger partial charge in [0.05, 0.1) is 23.9 Å². The van der Waals surface area contributed by atoms with E-state index in [0.717, 1.165) is 38.3 Å². The van der Waals surface area contributed by atoms with Crippen molar-refractivity contribution >= 4 is 5.91 Å². The number of aromatic nitrogens is 6. The summed E-state index contributed by atoms with van der Waals surface area (Å²) in [5.74, 6) is 0.295. The first-order chi connectivity index (χ1) is 13.6. The summed E-state index contributed by atoms with van der Waals surface area (Å²) < 4.78 is 3.64. The van der Waals surface area contributed by atoms with Gasteiger partial charge in [0.15, 0.2) is 0 Å². The Labute approximate surface area is 163 Å². The predicted octanol–water partition coefficient (Wildman–Crippen LogP) is -0.730. The number of fused-ring (bicyclic) bond motifs is 1. The van der Waals surface area contributed by atoms with Crippen molar-refractivity contribution in [1.29, 1.82) is 0 Å². The van der Waals surface area contributed by atoms with Crippen molar-refractivity contribution in [3.8, 4) is 0 Å². The number of hydrazine groups is 1. The molecule has 4 heterocycles. The Balaban J connectivity index is 1.36. The Bertz CT molecular complexity index is 786. The van der Waals surface area contributed by atoms with E-state index in [9.17, 15) is 4.79 Å². The number of hydrogen-bond acceptors (Lipinski definition) is 8. The lowest BCUT2D eigenvalue weighted by Crippen LogP contribution is -2.37. The van der Waals surface area contributed by atoms with Crippen LogP contribution in [0.5, 0.6) is 0 Å². The molecular formula is C17H28N10O. The van der Waals surface area contributed by atoms with E-state index in [-0.39, 0.29) is 18.0 Å². The molecule has 1 fully saturated rings. The minimum absolute atomic E-state index is 0.0531. The summed E-state index contributed by atoms with van der Waals surface area (Å²) in [7, 11) is 0. The summed E-state index contributed by atoms with van der Waals surface area (Å²) in [5, 5.41) is 18.9. The summed E-state index contributed by atoms with van der Waals surface area (Å²) in [5.41, 5.74) is 8.16. The first-order valence-electron chi connectivity index (χ1n) is 9.86. The van der Waals surface area contributed by atoms with Crippen LogP contribution in [0, 0.1) is 11.8 Å². The van der Waals surface area contributed by atoms with E-state index in [1.807, 2.05) is 0 Å². The molecule has 1 saturated heterocycles. The van der Waals surface area contributed by atoms with Crippen LogP contribution in [0.25, 0.3) is 0 Å². The van der Waals surface area contributed by atoms with Gasteiger partial charge in [0.2, 0.25) is 5.91 Å². The number of amides is 1. The summed E-state index contributed by atoms with van der Waals surface area (Å²) in [6, 6.07) is 2.11. The van der Waals surface area contributed by atoms with Gasteiger partial charge < -0.3 is 5.32 Å². The van der Waals surface area contributed by atoms with Crippen LogP contribution in [-0.2, 0) is 24.4 Å². The second-order valence-electron chi connectivity index (χ2n) is 7.92. The molecule has 0 aliphatic carbocycles. The smallest absolute Gasteiger partial charge is 0.228 e. The first kappa shape index (κ1) is 19.0. The molecule has 2 unspecified atom stereocenters. The molecule has 2 aliphatic heterocycles. The van der Waals surface area contributed by atoms with Crippen molar-refractivity contribution in [2.45, 2.75) is 46.1 Å². The zero-order valence-corrected chi connectivity index (χ0v) is 16.4. The summed E-state index contributed by atoms with van der Waals surface area (Å²) in [6.45, 7) is 9.47. The molecule has 0 aromatic carbocycles. The van der Waals surface area contributed by atoms with E-state index in [0.29, 0.717) is 19.0 Å². The standard InChI is InChI=1S/C17H28N10O/c1-12(2)9-25-4-3-5-26-14(10-25)6-13(22-26)7-18-17(28)15-8-19-21-16(15)27-11-20-23-24-27/h6,11-12,15-16,19,21H,3-5,7-10H2,1-2H3,(H,18,28). The molecule has 1 amide bonds. The van der Waals surface area contributed by atoms with Crippen molar-refractivity contribution in [3.05, 3.63) is 23.8 Å². The molecule has 11 heteroatoms. The normalized spacial score (nSPS) is 23.0. The van der Waals surface area contributed by atoms with Gasteiger partial charge in [-0.3, -0.25) is 19.8 Å². The second kappa shape index (κ2) is 8.33. The SMILES string of the molecule is CC(C)CN1CCCn2nc(CNC(=O)C3CNNC3n3cnnn3)cc2C1. The maximum absolute atomic E-state index is 12.7. The lowest BCUT2D eigenvalue weighted by Gasteiger charge is -2.21. The highest BCUT2D eigenvalue weighted by Gasteiger charge is 2.35. The Morgan fingerprint density at radius 2 is 2.29 bits per heavy atom. The number of carbonyl (C=O) groups is 1. The predicted molar refractivity (Wildman–Crippen MR) is 100 cm³/mol. The molecule has 4 rings (SSSR count). The Hall–Kier alpha value is -2.37. The highest BCUT2D eigenvalue weighted by Crippen LogP contribution is 2.18. The minimum Gasteiger partial charge on any atom is -0.350 e. The van der Waals surface area contributed by atoms with E-state index in [1.54, 1.807) is 4.68 Å². The fraction of sp³-hybridized carbons (Fsp3) is 0.706. The number of tetrazole rings is 1. The van der Waals surface area contributed by atoms with Crippen molar-refractivity contribution in [2.75, 3.05) is 19.6 Å². The molecule has 11 nitrogen and oxygen atoms in total. The third kappa shape index (κ3) is 4.21. The molecule has 2 aliphatic rings. The minimum atomic E-state index is -0.307. The average Bonchev–Trinajstić information content (AvgIpc) is 3.38. The van der Waals surface area contributed by atoms with Crippen LogP contribution >= 0.6 is 0 Å². The van der Waals surface area contributed by atoms with Gasteiger partial charge >= 0.3 is 0 Å². The molecule has 0 bridgehead atoms. The van der Waals surface area contributed by atoms with Gasteiger partial charge in [-0.25, -0.2) is 10.1 Å². The van der Waals surface area contributed by atoms with Crippen molar-refractivity contribution in [2.24, 2.45) is 11.8 Å². The van der Waals surface area contributed by atoms with Crippen molar-refractivity contribution < 1.29 is 4.79 Å². The third-order valence-corrected chi connectivity index (χ3v) is 5.15. The number of nitrogens with one attached hydrogen (secondary N) is 3.